The lowest BCUT2D eigenvalue weighted by molar-refractivity contribution is -0.139. The number of nitrogens with zero attached hydrogens (tertiary/aromatic N) is 3. The fourth-order valence-corrected chi connectivity index (χ4v) is 9.71. The fourth-order valence-electron chi connectivity index (χ4n) is 9.71. The molecular weight excluding hydrogens is 881 g/mol. The zero-order valence-electron chi connectivity index (χ0n) is 39.1. The van der Waals surface area contributed by atoms with Crippen LogP contribution in [0.4, 0.5) is 21.0 Å². The second-order valence-electron chi connectivity index (χ2n) is 18.8. The van der Waals surface area contributed by atoms with Gasteiger partial charge in [0, 0.05) is 30.9 Å². The Hall–Kier alpha value is -7.74. The quantitative estimate of drug-likeness (QED) is 0.110. The Labute approximate surface area is 401 Å². The van der Waals surface area contributed by atoms with Crippen molar-refractivity contribution in [3.63, 3.8) is 0 Å². The van der Waals surface area contributed by atoms with Crippen LogP contribution >= 0.6 is 0 Å². The molecule has 2 spiro atoms. The van der Waals surface area contributed by atoms with Gasteiger partial charge in [-0.25, -0.2) is 9.59 Å². The number of likely N-dealkylation sites (tertiary alicyclic amines) is 2. The van der Waals surface area contributed by atoms with Crippen LogP contribution in [0.3, 0.4) is 0 Å². The molecule has 4 aromatic rings. The van der Waals surface area contributed by atoms with E-state index in [4.69, 9.17) is 15.2 Å². The van der Waals surface area contributed by atoms with Gasteiger partial charge in [-0.1, -0.05) is 125 Å². The van der Waals surface area contributed by atoms with E-state index in [-0.39, 0.29) is 68.7 Å². The lowest BCUT2D eigenvalue weighted by Gasteiger charge is -2.29. The Morgan fingerprint density at radius 2 is 1.06 bits per heavy atom. The predicted molar refractivity (Wildman–Crippen MR) is 255 cm³/mol. The van der Waals surface area contributed by atoms with Gasteiger partial charge in [-0.3, -0.25) is 24.0 Å². The van der Waals surface area contributed by atoms with Crippen molar-refractivity contribution < 1.29 is 43.0 Å². The number of anilines is 2. The molecule has 2 saturated heterocycles. The number of benzene rings is 4. The Bertz CT molecular complexity index is 2620. The summed E-state index contributed by atoms with van der Waals surface area (Å²) >= 11 is 0. The minimum absolute atomic E-state index is 0.00236. The highest BCUT2D eigenvalue weighted by atomic mass is 16.6. The maximum absolute atomic E-state index is 13.7. The average molecular weight is 939 g/mol. The fraction of sp³-hybridized carbons (Fsp3) is 0.385. The Morgan fingerprint density at radius 1 is 0.652 bits per heavy atom. The molecule has 4 aliphatic heterocycles. The molecule has 4 heterocycles. The van der Waals surface area contributed by atoms with E-state index < -0.39 is 59.0 Å². The van der Waals surface area contributed by atoms with Crippen LogP contribution in [0.2, 0.25) is 0 Å². The molecule has 4 aromatic carbocycles. The molecule has 0 aliphatic carbocycles. The van der Waals surface area contributed by atoms with Crippen LogP contribution in [0.15, 0.2) is 109 Å². The normalized spacial score (nSPS) is 21.6. The number of primary amides is 1. The highest BCUT2D eigenvalue weighted by Crippen LogP contribution is 2.48. The molecule has 0 radical (unpaired) electrons. The molecule has 0 aromatic heterocycles. The molecule has 17 heteroatoms. The van der Waals surface area contributed by atoms with E-state index in [0.717, 1.165) is 22.3 Å². The van der Waals surface area contributed by atoms with Crippen LogP contribution in [0.25, 0.3) is 0 Å². The monoisotopic (exact) mass is 938 g/mol. The Kier molecular flexibility index (Phi) is 15.0. The molecule has 7 amide bonds. The summed E-state index contributed by atoms with van der Waals surface area (Å²) in [6, 6.07) is 31.7. The van der Waals surface area contributed by atoms with Gasteiger partial charge in [0.15, 0.2) is 0 Å². The number of hydrogen-bond acceptors (Lipinski definition) is 10. The molecule has 2 fully saturated rings. The van der Waals surface area contributed by atoms with Crippen LogP contribution in [0.1, 0.15) is 75.6 Å². The van der Waals surface area contributed by atoms with Crippen LogP contribution in [-0.2, 0) is 57.5 Å². The van der Waals surface area contributed by atoms with Gasteiger partial charge >= 0.3 is 12.2 Å². The summed E-state index contributed by atoms with van der Waals surface area (Å²) in [7, 11) is 0. The minimum Gasteiger partial charge on any atom is -0.445 e. The number of carbonyl (C=O) groups excluding carboxylic acids is 7. The van der Waals surface area contributed by atoms with Gasteiger partial charge < -0.3 is 46.3 Å². The molecule has 4 aliphatic rings. The number of nitrogens with two attached hydrogens (primary N) is 1. The largest absolute Gasteiger partial charge is 0.445 e. The smallest absolute Gasteiger partial charge is 0.408 e. The van der Waals surface area contributed by atoms with E-state index in [1.165, 1.54) is 9.80 Å². The van der Waals surface area contributed by atoms with Crippen LogP contribution in [0.5, 0.6) is 0 Å². The highest BCUT2D eigenvalue weighted by Gasteiger charge is 2.58. The summed E-state index contributed by atoms with van der Waals surface area (Å²) in [5, 5.41) is 20.9. The summed E-state index contributed by atoms with van der Waals surface area (Å²) in [4.78, 5) is 93.5. The number of hydrogen-bond donors (Lipinski definition) is 5. The van der Waals surface area contributed by atoms with Gasteiger partial charge in [-0.2, -0.15) is 5.26 Å². The molecule has 360 valence electrons. The molecule has 0 unspecified atom stereocenters. The standard InChI is InChI=1S/C26H30N4O5.C26H28N4O4/c1-16(2)12-20(29-25(34)35-14-17-8-4-3-5-9-17)23(32)30-15-26(13-21(30)22(27)31)18-10-6-7-11-19(18)28-24(26)33;1-17(2)12-22(29-25(33)34-15-18-8-4-3-5-9-18)23(31)30-16-26(13-19(30)14-27)20-10-6-7-11-21(20)28-24(26)32/h3-11,16,20-21H,12-15H2,1-2H3,(H2,27,31)(H,28,33)(H,29,34);3-11,17,19,22H,12-13,15-16H2,1-2H3,(H,28,32)(H,29,33)/t20-,21-,26-;19-,22-,26-/m00/s1. The molecule has 6 N–H and O–H groups in total. The summed E-state index contributed by atoms with van der Waals surface area (Å²) in [6.45, 7) is 7.98. The van der Waals surface area contributed by atoms with Crippen molar-refractivity contribution in [3.05, 3.63) is 131 Å². The topological polar surface area (TPSA) is 242 Å². The third kappa shape index (κ3) is 10.7. The Morgan fingerprint density at radius 3 is 1.49 bits per heavy atom. The van der Waals surface area contributed by atoms with Crippen molar-refractivity contribution in [1.82, 2.24) is 20.4 Å². The predicted octanol–water partition coefficient (Wildman–Crippen LogP) is 5.65. The first-order valence-corrected chi connectivity index (χ1v) is 23.1. The maximum Gasteiger partial charge on any atom is 0.408 e. The first-order chi connectivity index (χ1) is 33.0. The number of rotatable bonds is 13. The number of fused-ring (bicyclic) bond motifs is 4. The summed E-state index contributed by atoms with van der Waals surface area (Å²) < 4.78 is 10.6. The van der Waals surface area contributed by atoms with Crippen molar-refractivity contribution in [2.24, 2.45) is 17.6 Å². The van der Waals surface area contributed by atoms with Gasteiger partial charge in [-0.15, -0.1) is 0 Å². The van der Waals surface area contributed by atoms with Gasteiger partial charge in [0.25, 0.3) is 0 Å². The van der Waals surface area contributed by atoms with E-state index in [0.29, 0.717) is 24.2 Å². The van der Waals surface area contributed by atoms with Crippen LogP contribution in [0, 0.1) is 23.2 Å². The number of ether oxygens (including phenoxy) is 2. The van der Waals surface area contributed by atoms with Crippen molar-refractivity contribution in [2.45, 2.75) is 102 Å². The minimum atomic E-state index is -1.07. The zero-order chi connectivity index (χ0) is 49.5. The van der Waals surface area contributed by atoms with Gasteiger partial charge in [0.05, 0.1) is 16.9 Å². The van der Waals surface area contributed by atoms with Gasteiger partial charge in [-0.05, 0) is 65.5 Å². The number of amides is 7. The van der Waals surface area contributed by atoms with E-state index in [1.807, 2.05) is 131 Å². The maximum atomic E-state index is 13.7. The number of carbonyl (C=O) groups is 7. The lowest BCUT2D eigenvalue weighted by Crippen LogP contribution is -2.53. The first kappa shape index (κ1) is 49.2. The van der Waals surface area contributed by atoms with E-state index in [1.54, 1.807) is 6.07 Å². The highest BCUT2D eigenvalue weighted by molar-refractivity contribution is 6.09. The number of nitrogens with one attached hydrogen (secondary N) is 4. The molecule has 69 heavy (non-hydrogen) atoms. The van der Waals surface area contributed by atoms with Gasteiger partial charge in [0.1, 0.15) is 37.4 Å². The zero-order valence-corrected chi connectivity index (χ0v) is 39.1. The first-order valence-electron chi connectivity index (χ1n) is 23.1. The third-order valence-electron chi connectivity index (χ3n) is 13.0. The molecule has 8 rings (SSSR count). The molecule has 0 bridgehead atoms. The number of alkyl carbamates (subject to hydrolysis) is 2. The van der Waals surface area contributed by atoms with Crippen LogP contribution < -0.4 is 27.0 Å². The van der Waals surface area contributed by atoms with Crippen molar-refractivity contribution >= 4 is 53.1 Å². The van der Waals surface area contributed by atoms with Crippen molar-refractivity contribution in [1.29, 1.82) is 5.26 Å². The summed E-state index contributed by atoms with van der Waals surface area (Å²) in [5.74, 6) is -1.84. The number of para-hydroxylation sites is 2. The van der Waals surface area contributed by atoms with Crippen LogP contribution in [-0.4, -0.2) is 88.8 Å². The molecule has 17 nitrogen and oxygen atoms in total. The molecular formula is C52H58N8O9. The van der Waals surface area contributed by atoms with E-state index in [2.05, 4.69) is 27.3 Å². The van der Waals surface area contributed by atoms with Crippen molar-refractivity contribution in [3.8, 4) is 6.07 Å². The third-order valence-corrected chi connectivity index (χ3v) is 13.0. The molecule has 6 atom stereocenters. The van der Waals surface area contributed by atoms with E-state index in [9.17, 15) is 38.8 Å². The Balaban J connectivity index is 0.000000204. The van der Waals surface area contributed by atoms with Crippen molar-refractivity contribution in [2.75, 3.05) is 23.7 Å². The molecule has 0 saturated carbocycles. The second kappa shape index (κ2) is 21.1. The summed E-state index contributed by atoms with van der Waals surface area (Å²) in [6.07, 6.45) is -0.425. The van der Waals surface area contributed by atoms with Gasteiger partial charge in [0.2, 0.25) is 29.5 Å². The van der Waals surface area contributed by atoms with E-state index >= 15 is 0 Å². The second-order valence-corrected chi connectivity index (χ2v) is 18.8. The number of nitriles is 1. The lowest BCUT2D eigenvalue weighted by atomic mass is 9.79. The average Bonchev–Trinajstić information content (AvgIpc) is 4.08. The summed E-state index contributed by atoms with van der Waals surface area (Å²) in [5.41, 5.74) is 8.20. The SMILES string of the molecule is CC(C)C[C@H](NC(=O)OCc1ccccc1)C(=O)N1C[C@]2(C[C@H]1C#N)C(=O)Nc1ccccc12.CC(C)C[C@H](NC(=O)OCc1ccccc1)C(=O)N1C[C@]2(C[C@H]1C(N)=O)C(=O)Nc1ccccc12.